The number of nitrogens with zero attached hydrogens (tertiary/aromatic N) is 2. The lowest BCUT2D eigenvalue weighted by atomic mass is 9.95. The van der Waals surface area contributed by atoms with Crippen molar-refractivity contribution in [1.29, 1.82) is 0 Å². The van der Waals surface area contributed by atoms with Gasteiger partial charge >= 0.3 is 0 Å². The van der Waals surface area contributed by atoms with Crippen molar-refractivity contribution in [3.63, 3.8) is 0 Å². The normalized spacial score (nSPS) is 11.6. The van der Waals surface area contributed by atoms with Crippen LogP contribution in [0.4, 0.5) is 17.1 Å². The molecule has 61 heavy (non-hydrogen) atoms. The Bertz CT molecular complexity index is 3570. The number of hydrogen-bond donors (Lipinski definition) is 0. The second kappa shape index (κ2) is 14.7. The molecule has 4 heteroatoms. The summed E-state index contributed by atoms with van der Waals surface area (Å²) >= 11 is 3.63. The first-order valence-corrected chi connectivity index (χ1v) is 22.2. The molecule has 2 nitrogen and oxygen atoms in total. The van der Waals surface area contributed by atoms with E-state index < -0.39 is 0 Å². The third-order valence-electron chi connectivity index (χ3n) is 11.9. The molecule has 0 aliphatic rings. The molecule has 0 atom stereocenters. The Balaban J connectivity index is 0.988. The second-order valence-electron chi connectivity index (χ2n) is 15.5. The average molecular weight is 813 g/mol. The molecule has 12 aromatic rings. The monoisotopic (exact) mass is 812 g/mol. The summed E-state index contributed by atoms with van der Waals surface area (Å²) in [7, 11) is 0. The molecule has 286 valence electrons. The van der Waals surface area contributed by atoms with E-state index in [-0.39, 0.29) is 0 Å². The van der Waals surface area contributed by atoms with E-state index in [0.29, 0.717) is 0 Å². The average Bonchev–Trinajstić information content (AvgIpc) is 3.95. The van der Waals surface area contributed by atoms with Crippen LogP contribution in [0.25, 0.3) is 95.9 Å². The van der Waals surface area contributed by atoms with Crippen molar-refractivity contribution >= 4 is 91.7 Å². The predicted octanol–water partition coefficient (Wildman–Crippen LogP) is 17.1. The highest BCUT2D eigenvalue weighted by Crippen LogP contribution is 2.46. The summed E-state index contributed by atoms with van der Waals surface area (Å²) in [6.07, 6.45) is 0. The molecule has 2 heterocycles. The van der Waals surface area contributed by atoms with Gasteiger partial charge in [0.1, 0.15) is 5.01 Å². The predicted molar refractivity (Wildman–Crippen MR) is 264 cm³/mol. The molecule has 0 N–H and O–H groups in total. The Kier molecular flexibility index (Phi) is 8.58. The van der Waals surface area contributed by atoms with Crippen molar-refractivity contribution in [1.82, 2.24) is 4.98 Å². The van der Waals surface area contributed by atoms with Crippen LogP contribution in [0.1, 0.15) is 0 Å². The number of fused-ring (bicyclic) bond motifs is 8. The molecule has 0 aliphatic heterocycles. The minimum Gasteiger partial charge on any atom is -0.310 e. The molecule has 10 aromatic carbocycles. The molecule has 0 saturated heterocycles. The number of benzene rings is 10. The topological polar surface area (TPSA) is 16.1 Å². The van der Waals surface area contributed by atoms with Crippen LogP contribution < -0.4 is 4.90 Å². The van der Waals surface area contributed by atoms with Crippen molar-refractivity contribution < 1.29 is 0 Å². The van der Waals surface area contributed by atoms with E-state index in [9.17, 15) is 0 Å². The first-order valence-electron chi connectivity index (χ1n) is 20.6. The third kappa shape index (κ3) is 6.27. The number of rotatable bonds is 7. The van der Waals surface area contributed by atoms with Crippen LogP contribution >= 0.6 is 22.7 Å². The summed E-state index contributed by atoms with van der Waals surface area (Å²) in [6, 6.07) is 79.5. The van der Waals surface area contributed by atoms with Gasteiger partial charge in [0.25, 0.3) is 0 Å². The smallest absolute Gasteiger partial charge is 0.124 e. The van der Waals surface area contributed by atoms with Gasteiger partial charge in [-0.2, -0.15) is 0 Å². The Morgan fingerprint density at radius 2 is 0.967 bits per heavy atom. The van der Waals surface area contributed by atoms with Crippen LogP contribution in [0.3, 0.4) is 0 Å². The summed E-state index contributed by atoms with van der Waals surface area (Å²) in [5.41, 5.74) is 12.6. The molecule has 0 amide bonds. The maximum Gasteiger partial charge on any atom is 0.124 e. The van der Waals surface area contributed by atoms with Crippen LogP contribution in [0.15, 0.2) is 218 Å². The molecule has 0 fully saturated rings. The minimum atomic E-state index is 1.05. The number of anilines is 3. The SMILES string of the molecule is c1ccc(-c2ccc(N(c3ccc(-c4ccc5c(ccc6ccc7nc(-c8ccccc8)sc7c65)c4)cc3)c3ccc4sc5ccccc5c4c3)c(-c3ccccc3)c2)cc1. The fourth-order valence-electron chi connectivity index (χ4n) is 8.89. The lowest BCUT2D eigenvalue weighted by Gasteiger charge is -2.29. The molecule has 2 aromatic heterocycles. The molecule has 0 radical (unpaired) electrons. The van der Waals surface area contributed by atoms with Crippen molar-refractivity contribution in [2.75, 3.05) is 4.90 Å². The zero-order chi connectivity index (χ0) is 40.3. The number of thiophene rings is 1. The van der Waals surface area contributed by atoms with Gasteiger partial charge in [-0.15, -0.1) is 22.7 Å². The van der Waals surface area contributed by atoms with Crippen LogP contribution in [0, 0.1) is 0 Å². The van der Waals surface area contributed by atoms with Gasteiger partial charge in [-0.1, -0.05) is 158 Å². The van der Waals surface area contributed by atoms with Gasteiger partial charge in [0, 0.05) is 48.1 Å². The highest BCUT2D eigenvalue weighted by molar-refractivity contribution is 7.25. The van der Waals surface area contributed by atoms with E-state index >= 15 is 0 Å². The Morgan fingerprint density at radius 3 is 1.77 bits per heavy atom. The highest BCUT2D eigenvalue weighted by atomic mass is 32.1. The Morgan fingerprint density at radius 1 is 0.361 bits per heavy atom. The van der Waals surface area contributed by atoms with Gasteiger partial charge in [-0.25, -0.2) is 4.98 Å². The summed E-state index contributed by atoms with van der Waals surface area (Å²) in [4.78, 5) is 7.49. The van der Waals surface area contributed by atoms with Crippen molar-refractivity contribution in [2.24, 2.45) is 0 Å². The van der Waals surface area contributed by atoms with Gasteiger partial charge in [0.2, 0.25) is 0 Å². The number of hydrogen-bond acceptors (Lipinski definition) is 4. The number of thiazole rings is 1. The molecule has 0 bridgehead atoms. The maximum atomic E-state index is 5.05. The third-order valence-corrected chi connectivity index (χ3v) is 14.2. The minimum absolute atomic E-state index is 1.05. The quantitative estimate of drug-likeness (QED) is 0.149. The van der Waals surface area contributed by atoms with E-state index in [2.05, 4.69) is 223 Å². The van der Waals surface area contributed by atoms with Gasteiger partial charge in [0.05, 0.1) is 15.9 Å². The molecule has 0 saturated carbocycles. The van der Waals surface area contributed by atoms with Crippen molar-refractivity contribution in [3.05, 3.63) is 218 Å². The molecular weight excluding hydrogens is 777 g/mol. The largest absolute Gasteiger partial charge is 0.310 e. The summed E-state index contributed by atoms with van der Waals surface area (Å²) < 4.78 is 3.83. The number of aromatic nitrogens is 1. The van der Waals surface area contributed by atoms with E-state index in [1.807, 2.05) is 11.3 Å². The standard InChI is InChI=1S/C57H36N2S2/c1-4-12-37(13-5-1)43-26-32-52(49(35-43)39-14-6-2-7-15-39)59(46-29-33-54-50(36-46)48-18-10-11-19-53(48)60-54)45-27-22-38(23-28-45)42-24-30-47-44(34-42)21-20-40-25-31-51-56(55(40)47)61-57(58-51)41-16-8-3-9-17-41/h1-36H. The second-order valence-corrected chi connectivity index (χ2v) is 17.6. The summed E-state index contributed by atoms with van der Waals surface area (Å²) in [5.74, 6) is 0. The van der Waals surface area contributed by atoms with Crippen LogP contribution in [-0.2, 0) is 0 Å². The van der Waals surface area contributed by atoms with Crippen LogP contribution in [0.2, 0.25) is 0 Å². The van der Waals surface area contributed by atoms with E-state index in [1.54, 1.807) is 11.3 Å². The first-order chi connectivity index (χ1) is 30.2. The van der Waals surface area contributed by atoms with Gasteiger partial charge in [0.15, 0.2) is 0 Å². The Labute approximate surface area is 361 Å². The molecule has 12 rings (SSSR count). The van der Waals surface area contributed by atoms with Gasteiger partial charge < -0.3 is 4.90 Å². The first kappa shape index (κ1) is 35.6. The van der Waals surface area contributed by atoms with Gasteiger partial charge in [-0.3, -0.25) is 0 Å². The lowest BCUT2D eigenvalue weighted by molar-refractivity contribution is 1.29. The highest BCUT2D eigenvalue weighted by Gasteiger charge is 2.20. The fourth-order valence-corrected chi connectivity index (χ4v) is 11.1. The van der Waals surface area contributed by atoms with E-state index in [4.69, 9.17) is 4.98 Å². The maximum absolute atomic E-state index is 5.05. The van der Waals surface area contributed by atoms with Gasteiger partial charge in [-0.05, 0) is 105 Å². The lowest BCUT2D eigenvalue weighted by Crippen LogP contribution is -2.11. The zero-order valence-electron chi connectivity index (χ0n) is 33.0. The van der Waals surface area contributed by atoms with Crippen molar-refractivity contribution in [3.8, 4) is 44.0 Å². The fraction of sp³-hybridized carbons (Fsp3) is 0. The summed E-state index contributed by atoms with van der Waals surface area (Å²) in [5, 5.41) is 8.60. The molecule has 0 spiro atoms. The van der Waals surface area contributed by atoms with Crippen molar-refractivity contribution in [2.45, 2.75) is 0 Å². The van der Waals surface area contributed by atoms with Crippen LogP contribution in [-0.4, -0.2) is 4.98 Å². The van der Waals surface area contributed by atoms with E-state index in [1.165, 1.54) is 79.8 Å². The van der Waals surface area contributed by atoms with Crippen LogP contribution in [0.5, 0.6) is 0 Å². The Hall–Kier alpha value is -7.37. The molecule has 0 aliphatic carbocycles. The summed E-state index contributed by atoms with van der Waals surface area (Å²) in [6.45, 7) is 0. The molecule has 0 unspecified atom stereocenters. The zero-order valence-corrected chi connectivity index (χ0v) is 34.6. The van der Waals surface area contributed by atoms with E-state index in [0.717, 1.165) is 33.1 Å². The molecular formula is C57H36N2S2.